The van der Waals surface area contributed by atoms with Gasteiger partial charge in [0.25, 0.3) is 0 Å². The third-order valence-corrected chi connectivity index (χ3v) is 4.06. The monoisotopic (exact) mass is 337 g/mol. The SMILES string of the molecule is Cl.O=C(Cc1[nH]nc2ccccc12)NCCCN1CCNCC1. The fourth-order valence-corrected chi connectivity index (χ4v) is 2.84. The summed E-state index contributed by atoms with van der Waals surface area (Å²) in [4.78, 5) is 14.5. The van der Waals surface area contributed by atoms with Crippen LogP contribution in [0, 0.1) is 0 Å². The van der Waals surface area contributed by atoms with Gasteiger partial charge in [-0.05, 0) is 19.0 Å². The molecule has 1 aromatic carbocycles. The Morgan fingerprint density at radius 1 is 1.26 bits per heavy atom. The van der Waals surface area contributed by atoms with E-state index in [0.717, 1.165) is 62.3 Å². The molecule has 0 bridgehead atoms. The first kappa shape index (κ1) is 17.7. The number of H-pyrrole nitrogens is 1. The predicted octanol–water partition coefficient (Wildman–Crippen LogP) is 0.939. The molecule has 3 N–H and O–H groups in total. The van der Waals surface area contributed by atoms with Crippen molar-refractivity contribution in [3.8, 4) is 0 Å². The van der Waals surface area contributed by atoms with Crippen LogP contribution in [-0.4, -0.2) is 60.3 Å². The van der Waals surface area contributed by atoms with Crippen molar-refractivity contribution in [3.05, 3.63) is 30.0 Å². The number of carbonyl (C=O) groups excluding carboxylic acids is 1. The Balaban J connectivity index is 0.00000192. The molecular formula is C16H24ClN5O. The lowest BCUT2D eigenvalue weighted by Gasteiger charge is -2.27. The van der Waals surface area contributed by atoms with E-state index in [1.165, 1.54) is 0 Å². The summed E-state index contributed by atoms with van der Waals surface area (Å²) in [5, 5.41) is 14.5. The highest BCUT2D eigenvalue weighted by atomic mass is 35.5. The van der Waals surface area contributed by atoms with Crippen LogP contribution >= 0.6 is 12.4 Å². The Hall–Kier alpha value is -1.63. The molecule has 23 heavy (non-hydrogen) atoms. The van der Waals surface area contributed by atoms with Crippen LogP contribution < -0.4 is 10.6 Å². The van der Waals surface area contributed by atoms with Crippen molar-refractivity contribution >= 4 is 29.2 Å². The minimum absolute atomic E-state index is 0. The second-order valence-electron chi connectivity index (χ2n) is 5.69. The third kappa shape index (κ3) is 4.92. The van der Waals surface area contributed by atoms with Crippen LogP contribution in [0.3, 0.4) is 0 Å². The number of piperazine rings is 1. The van der Waals surface area contributed by atoms with Crippen molar-refractivity contribution in [2.75, 3.05) is 39.3 Å². The summed E-state index contributed by atoms with van der Waals surface area (Å²) in [5.74, 6) is 0.0507. The second kappa shape index (κ2) is 8.86. The van der Waals surface area contributed by atoms with Crippen molar-refractivity contribution in [1.82, 2.24) is 25.7 Å². The molecule has 1 aromatic heterocycles. The average molecular weight is 338 g/mol. The Kier molecular flexibility index (Phi) is 6.83. The molecule has 0 saturated carbocycles. The molecule has 0 aliphatic carbocycles. The van der Waals surface area contributed by atoms with Crippen LogP contribution in [0.2, 0.25) is 0 Å². The Labute approximate surface area is 142 Å². The fourth-order valence-electron chi connectivity index (χ4n) is 2.84. The first-order valence-electron chi connectivity index (χ1n) is 7.95. The van der Waals surface area contributed by atoms with Crippen LogP contribution in [0.25, 0.3) is 10.9 Å². The van der Waals surface area contributed by atoms with Gasteiger partial charge in [0.15, 0.2) is 0 Å². The zero-order valence-electron chi connectivity index (χ0n) is 13.2. The zero-order valence-corrected chi connectivity index (χ0v) is 14.0. The van der Waals surface area contributed by atoms with Crippen molar-refractivity contribution in [1.29, 1.82) is 0 Å². The van der Waals surface area contributed by atoms with Crippen LogP contribution in [-0.2, 0) is 11.2 Å². The molecule has 7 heteroatoms. The molecule has 6 nitrogen and oxygen atoms in total. The van der Waals surface area contributed by atoms with Crippen LogP contribution in [0.5, 0.6) is 0 Å². The maximum Gasteiger partial charge on any atom is 0.226 e. The van der Waals surface area contributed by atoms with Gasteiger partial charge in [0, 0.05) is 38.1 Å². The van der Waals surface area contributed by atoms with Crippen LogP contribution in [0.4, 0.5) is 0 Å². The van der Waals surface area contributed by atoms with Gasteiger partial charge in [-0.25, -0.2) is 0 Å². The molecule has 1 aliphatic heterocycles. The summed E-state index contributed by atoms with van der Waals surface area (Å²) >= 11 is 0. The number of para-hydroxylation sites is 1. The third-order valence-electron chi connectivity index (χ3n) is 4.06. The summed E-state index contributed by atoms with van der Waals surface area (Å²) < 4.78 is 0. The molecule has 0 atom stereocenters. The maximum atomic E-state index is 12.0. The zero-order chi connectivity index (χ0) is 15.2. The maximum absolute atomic E-state index is 12.0. The number of aromatic nitrogens is 2. The quantitative estimate of drug-likeness (QED) is 0.686. The first-order chi connectivity index (χ1) is 10.8. The van der Waals surface area contributed by atoms with E-state index in [1.54, 1.807) is 0 Å². The van der Waals surface area contributed by atoms with Gasteiger partial charge < -0.3 is 15.5 Å². The number of fused-ring (bicyclic) bond motifs is 1. The number of benzene rings is 1. The molecule has 126 valence electrons. The number of hydrogen-bond acceptors (Lipinski definition) is 4. The van der Waals surface area contributed by atoms with Gasteiger partial charge in [0.2, 0.25) is 5.91 Å². The van der Waals surface area contributed by atoms with E-state index in [1.807, 2.05) is 24.3 Å². The number of aromatic amines is 1. The number of rotatable bonds is 6. The molecular weight excluding hydrogens is 314 g/mol. The molecule has 1 saturated heterocycles. The number of carbonyl (C=O) groups is 1. The Bertz CT molecular complexity index is 624. The number of halogens is 1. The van der Waals surface area contributed by atoms with E-state index in [9.17, 15) is 4.79 Å². The Morgan fingerprint density at radius 2 is 2.04 bits per heavy atom. The van der Waals surface area contributed by atoms with Crippen molar-refractivity contribution < 1.29 is 4.79 Å². The van der Waals surface area contributed by atoms with Crippen molar-refractivity contribution in [3.63, 3.8) is 0 Å². The van der Waals surface area contributed by atoms with Gasteiger partial charge in [-0.1, -0.05) is 18.2 Å². The molecule has 0 spiro atoms. The van der Waals surface area contributed by atoms with E-state index in [2.05, 4.69) is 25.7 Å². The number of hydrogen-bond donors (Lipinski definition) is 3. The fraction of sp³-hybridized carbons (Fsp3) is 0.500. The summed E-state index contributed by atoms with van der Waals surface area (Å²) in [6.45, 7) is 6.13. The van der Waals surface area contributed by atoms with Gasteiger partial charge in [-0.2, -0.15) is 5.10 Å². The van der Waals surface area contributed by atoms with E-state index in [-0.39, 0.29) is 18.3 Å². The van der Waals surface area contributed by atoms with Gasteiger partial charge >= 0.3 is 0 Å². The standard InChI is InChI=1S/C16H23N5O.ClH/c22-16(18-6-3-9-21-10-7-17-8-11-21)12-15-13-4-1-2-5-14(13)19-20-15;/h1-2,4-5,17H,3,6-12H2,(H,18,22)(H,19,20);1H. The Morgan fingerprint density at radius 3 is 2.87 bits per heavy atom. The van der Waals surface area contributed by atoms with E-state index in [0.29, 0.717) is 6.42 Å². The number of nitrogens with one attached hydrogen (secondary N) is 3. The summed E-state index contributed by atoms with van der Waals surface area (Å²) in [7, 11) is 0. The molecule has 1 amide bonds. The average Bonchev–Trinajstić information content (AvgIpc) is 2.96. The highest BCUT2D eigenvalue weighted by molar-refractivity contribution is 5.87. The largest absolute Gasteiger partial charge is 0.356 e. The highest BCUT2D eigenvalue weighted by Crippen LogP contribution is 2.15. The summed E-state index contributed by atoms with van der Waals surface area (Å²) in [5.41, 5.74) is 1.79. The topological polar surface area (TPSA) is 73.0 Å². The van der Waals surface area contributed by atoms with E-state index >= 15 is 0 Å². The van der Waals surface area contributed by atoms with Gasteiger partial charge in [0.1, 0.15) is 0 Å². The number of amides is 1. The smallest absolute Gasteiger partial charge is 0.226 e. The first-order valence-corrected chi connectivity index (χ1v) is 7.95. The molecule has 2 aromatic rings. The summed E-state index contributed by atoms with van der Waals surface area (Å²) in [6.07, 6.45) is 1.35. The highest BCUT2D eigenvalue weighted by Gasteiger charge is 2.11. The van der Waals surface area contributed by atoms with Gasteiger partial charge in [-0.3, -0.25) is 9.89 Å². The summed E-state index contributed by atoms with van der Waals surface area (Å²) in [6, 6.07) is 7.85. The molecule has 3 rings (SSSR count). The predicted molar refractivity (Wildman–Crippen MR) is 94.0 cm³/mol. The molecule has 2 heterocycles. The minimum atomic E-state index is 0. The van der Waals surface area contributed by atoms with Gasteiger partial charge in [-0.15, -0.1) is 12.4 Å². The van der Waals surface area contributed by atoms with Crippen LogP contribution in [0.1, 0.15) is 12.1 Å². The molecule has 0 unspecified atom stereocenters. The van der Waals surface area contributed by atoms with Crippen LogP contribution in [0.15, 0.2) is 24.3 Å². The normalized spacial score (nSPS) is 15.3. The molecule has 0 radical (unpaired) electrons. The molecule has 1 aliphatic rings. The van der Waals surface area contributed by atoms with E-state index in [4.69, 9.17) is 0 Å². The van der Waals surface area contributed by atoms with E-state index < -0.39 is 0 Å². The van der Waals surface area contributed by atoms with Crippen molar-refractivity contribution in [2.45, 2.75) is 12.8 Å². The lowest BCUT2D eigenvalue weighted by molar-refractivity contribution is -0.120. The molecule has 1 fully saturated rings. The minimum Gasteiger partial charge on any atom is -0.356 e. The van der Waals surface area contributed by atoms with Gasteiger partial charge in [0.05, 0.1) is 17.6 Å². The second-order valence-corrected chi connectivity index (χ2v) is 5.69. The number of nitrogens with zero attached hydrogens (tertiary/aromatic N) is 2. The lowest BCUT2D eigenvalue weighted by Crippen LogP contribution is -2.44. The van der Waals surface area contributed by atoms with Crippen molar-refractivity contribution in [2.24, 2.45) is 0 Å². The lowest BCUT2D eigenvalue weighted by atomic mass is 10.1.